The van der Waals surface area contributed by atoms with Gasteiger partial charge in [0.15, 0.2) is 5.78 Å². The third-order valence-corrected chi connectivity index (χ3v) is 6.82. The first-order chi connectivity index (χ1) is 15.9. The van der Waals surface area contributed by atoms with Gasteiger partial charge in [0.1, 0.15) is 0 Å². The topological polar surface area (TPSA) is 49.4 Å². The normalized spacial score (nSPS) is 20.0. The molecule has 4 nitrogen and oxygen atoms in total. The van der Waals surface area contributed by atoms with Crippen LogP contribution in [0.15, 0.2) is 84.1 Å². The zero-order chi connectivity index (χ0) is 23.1. The van der Waals surface area contributed by atoms with E-state index in [1.54, 1.807) is 11.0 Å². The van der Waals surface area contributed by atoms with E-state index in [4.69, 9.17) is 23.2 Å². The van der Waals surface area contributed by atoms with Gasteiger partial charge in [0, 0.05) is 34.7 Å². The standard InChI is InChI=1S/C27H22Cl2N2O2/c1-16(32)31-24-8-3-2-7-22(24)30-23-14-19(17-9-11-20(28)12-10-17)15-25(33)26(23)27(31)18-5-4-6-21(29)13-18/h2-13,19,27,30H,14-15H2,1H3/t19-,27+/m1/s1. The molecule has 166 valence electrons. The highest BCUT2D eigenvalue weighted by Crippen LogP contribution is 2.47. The van der Waals surface area contributed by atoms with Crippen molar-refractivity contribution in [3.8, 4) is 0 Å². The van der Waals surface area contributed by atoms with Crippen LogP contribution in [0.5, 0.6) is 0 Å². The third-order valence-electron chi connectivity index (χ3n) is 6.33. The van der Waals surface area contributed by atoms with E-state index in [9.17, 15) is 9.59 Å². The van der Waals surface area contributed by atoms with Crippen LogP contribution >= 0.6 is 23.2 Å². The van der Waals surface area contributed by atoms with Gasteiger partial charge in [-0.25, -0.2) is 0 Å². The molecule has 0 bridgehead atoms. The molecule has 0 aromatic heterocycles. The molecule has 3 aromatic rings. The SMILES string of the molecule is CC(=O)N1c2ccccc2NC2=C(C(=O)C[C@H](c3ccc(Cl)cc3)C2)[C@@H]1c1cccc(Cl)c1. The minimum atomic E-state index is -0.564. The van der Waals surface area contributed by atoms with E-state index >= 15 is 0 Å². The Kier molecular flexibility index (Phi) is 5.73. The largest absolute Gasteiger partial charge is 0.357 e. The van der Waals surface area contributed by atoms with E-state index in [-0.39, 0.29) is 17.6 Å². The molecule has 0 unspecified atom stereocenters. The predicted molar refractivity (Wildman–Crippen MR) is 133 cm³/mol. The van der Waals surface area contributed by atoms with Crippen LogP contribution in [-0.2, 0) is 9.59 Å². The summed E-state index contributed by atoms with van der Waals surface area (Å²) in [4.78, 5) is 28.4. The molecule has 0 spiro atoms. The van der Waals surface area contributed by atoms with Crippen molar-refractivity contribution in [3.05, 3.63) is 105 Å². The lowest BCUT2D eigenvalue weighted by Gasteiger charge is -2.34. The molecule has 0 saturated heterocycles. The predicted octanol–water partition coefficient (Wildman–Crippen LogP) is 6.91. The van der Waals surface area contributed by atoms with Crippen LogP contribution in [0.1, 0.15) is 42.9 Å². The van der Waals surface area contributed by atoms with Crippen molar-refractivity contribution >= 4 is 46.3 Å². The average Bonchev–Trinajstić information content (AvgIpc) is 2.94. The van der Waals surface area contributed by atoms with Gasteiger partial charge in [-0.2, -0.15) is 0 Å². The fourth-order valence-corrected chi connectivity index (χ4v) is 5.23. The van der Waals surface area contributed by atoms with Gasteiger partial charge in [0.2, 0.25) is 5.91 Å². The minimum absolute atomic E-state index is 0.0210. The summed E-state index contributed by atoms with van der Waals surface area (Å²) < 4.78 is 0. The molecule has 1 aliphatic heterocycles. The van der Waals surface area contributed by atoms with Crippen LogP contribution in [0, 0.1) is 0 Å². The zero-order valence-electron chi connectivity index (χ0n) is 18.0. The number of amides is 1. The van der Waals surface area contributed by atoms with Gasteiger partial charge in [0.05, 0.1) is 17.4 Å². The molecule has 33 heavy (non-hydrogen) atoms. The number of allylic oxidation sites excluding steroid dienone is 1. The van der Waals surface area contributed by atoms with Crippen LogP contribution in [0.2, 0.25) is 10.0 Å². The summed E-state index contributed by atoms with van der Waals surface area (Å²) in [7, 11) is 0. The van der Waals surface area contributed by atoms with Crippen LogP contribution in [0.3, 0.4) is 0 Å². The number of anilines is 2. The third kappa shape index (κ3) is 4.05. The number of nitrogens with zero attached hydrogens (tertiary/aromatic N) is 1. The lowest BCUT2D eigenvalue weighted by molar-refractivity contribution is -0.117. The fourth-order valence-electron chi connectivity index (χ4n) is 4.90. The van der Waals surface area contributed by atoms with Gasteiger partial charge in [-0.05, 0) is 59.9 Å². The first kappa shape index (κ1) is 21.7. The van der Waals surface area contributed by atoms with E-state index in [0.717, 1.165) is 28.2 Å². The number of rotatable bonds is 2. The summed E-state index contributed by atoms with van der Waals surface area (Å²) in [6.07, 6.45) is 1.02. The first-order valence-corrected chi connectivity index (χ1v) is 11.6. The van der Waals surface area contributed by atoms with Gasteiger partial charge in [-0.3, -0.25) is 14.5 Å². The molecule has 1 heterocycles. The molecule has 3 aromatic carbocycles. The Bertz CT molecular complexity index is 1280. The van der Waals surface area contributed by atoms with Crippen molar-refractivity contribution in [2.24, 2.45) is 0 Å². The maximum Gasteiger partial charge on any atom is 0.224 e. The van der Waals surface area contributed by atoms with Crippen LogP contribution in [0.25, 0.3) is 0 Å². The van der Waals surface area contributed by atoms with E-state index in [0.29, 0.717) is 28.5 Å². The number of hydrogen-bond donors (Lipinski definition) is 1. The first-order valence-electron chi connectivity index (χ1n) is 10.9. The van der Waals surface area contributed by atoms with Gasteiger partial charge >= 0.3 is 0 Å². The van der Waals surface area contributed by atoms with Crippen molar-refractivity contribution in [2.45, 2.75) is 31.7 Å². The number of ketones is 1. The molecule has 2 aliphatic rings. The number of benzene rings is 3. The van der Waals surface area contributed by atoms with Gasteiger partial charge in [0.25, 0.3) is 0 Å². The highest BCUT2D eigenvalue weighted by atomic mass is 35.5. The number of halogens is 2. The summed E-state index contributed by atoms with van der Waals surface area (Å²) in [5.41, 5.74) is 4.87. The second-order valence-corrected chi connectivity index (χ2v) is 9.33. The number of carbonyl (C=O) groups is 2. The number of nitrogens with one attached hydrogen (secondary N) is 1. The van der Waals surface area contributed by atoms with Crippen LogP contribution in [0.4, 0.5) is 11.4 Å². The number of carbonyl (C=O) groups excluding carboxylic acids is 2. The Hall–Kier alpha value is -3.08. The molecule has 0 fully saturated rings. The Morgan fingerprint density at radius 2 is 1.67 bits per heavy atom. The second kappa shape index (κ2) is 8.69. The summed E-state index contributed by atoms with van der Waals surface area (Å²) >= 11 is 12.4. The van der Waals surface area contributed by atoms with Crippen molar-refractivity contribution in [3.63, 3.8) is 0 Å². The molecular weight excluding hydrogens is 455 g/mol. The van der Waals surface area contributed by atoms with Crippen molar-refractivity contribution in [1.29, 1.82) is 0 Å². The average molecular weight is 477 g/mol. The quantitative estimate of drug-likeness (QED) is 0.436. The number of para-hydroxylation sites is 2. The zero-order valence-corrected chi connectivity index (χ0v) is 19.5. The molecule has 0 radical (unpaired) electrons. The van der Waals surface area contributed by atoms with Crippen LogP contribution < -0.4 is 10.2 Å². The summed E-state index contributed by atoms with van der Waals surface area (Å²) in [6, 6.07) is 22.2. The van der Waals surface area contributed by atoms with Crippen molar-refractivity contribution in [1.82, 2.24) is 0 Å². The Labute approximate surface area is 202 Å². The Balaban J connectivity index is 1.70. The lowest BCUT2D eigenvalue weighted by Crippen LogP contribution is -2.37. The van der Waals surface area contributed by atoms with Crippen molar-refractivity contribution < 1.29 is 9.59 Å². The Morgan fingerprint density at radius 1 is 0.909 bits per heavy atom. The van der Waals surface area contributed by atoms with Crippen LogP contribution in [-0.4, -0.2) is 11.7 Å². The monoisotopic (exact) mass is 476 g/mol. The molecule has 1 amide bonds. The molecular formula is C27H22Cl2N2O2. The van der Waals surface area contributed by atoms with Gasteiger partial charge in [-0.1, -0.05) is 59.6 Å². The molecule has 1 N–H and O–H groups in total. The molecule has 2 atom stereocenters. The molecule has 1 aliphatic carbocycles. The fraction of sp³-hybridized carbons (Fsp3) is 0.185. The highest BCUT2D eigenvalue weighted by molar-refractivity contribution is 6.30. The maximum absolute atomic E-state index is 13.7. The minimum Gasteiger partial charge on any atom is -0.357 e. The van der Waals surface area contributed by atoms with Gasteiger partial charge < -0.3 is 5.32 Å². The van der Waals surface area contributed by atoms with Gasteiger partial charge in [-0.15, -0.1) is 0 Å². The Morgan fingerprint density at radius 3 is 2.39 bits per heavy atom. The van der Waals surface area contributed by atoms with E-state index in [1.807, 2.05) is 66.7 Å². The molecule has 5 rings (SSSR count). The summed E-state index contributed by atoms with van der Waals surface area (Å²) in [5.74, 6) is -0.0969. The summed E-state index contributed by atoms with van der Waals surface area (Å²) in [6.45, 7) is 1.53. The van der Waals surface area contributed by atoms with E-state index in [1.165, 1.54) is 6.92 Å². The lowest BCUT2D eigenvalue weighted by atomic mass is 9.78. The molecule has 6 heteroatoms. The smallest absolute Gasteiger partial charge is 0.224 e. The number of fused-ring (bicyclic) bond motifs is 1. The number of Topliss-reactive ketones (excluding diaryl/α,β-unsaturated/α-hetero) is 1. The maximum atomic E-state index is 13.7. The number of hydrogen-bond acceptors (Lipinski definition) is 3. The second-order valence-electron chi connectivity index (χ2n) is 8.46. The van der Waals surface area contributed by atoms with E-state index in [2.05, 4.69) is 5.32 Å². The van der Waals surface area contributed by atoms with Crippen molar-refractivity contribution in [2.75, 3.05) is 10.2 Å². The van der Waals surface area contributed by atoms with E-state index < -0.39 is 6.04 Å². The highest BCUT2D eigenvalue weighted by Gasteiger charge is 2.40. The summed E-state index contributed by atoms with van der Waals surface area (Å²) in [5, 5.41) is 4.74. The molecule has 0 saturated carbocycles.